The number of amides is 1. The molecule has 1 heterocycles. The molecule has 3 aromatic rings. The van der Waals surface area contributed by atoms with Gasteiger partial charge in [0.2, 0.25) is 0 Å². The van der Waals surface area contributed by atoms with Crippen molar-refractivity contribution in [3.8, 4) is 5.69 Å². The monoisotopic (exact) mass is 432 g/mol. The van der Waals surface area contributed by atoms with E-state index in [0.717, 1.165) is 11.8 Å². The first-order chi connectivity index (χ1) is 14.5. The molecule has 1 N–H and O–H groups in total. The lowest BCUT2D eigenvalue weighted by Crippen LogP contribution is -2.25. The van der Waals surface area contributed by atoms with Crippen LogP contribution in [0.1, 0.15) is 23.1 Å². The van der Waals surface area contributed by atoms with Crippen molar-refractivity contribution in [3.63, 3.8) is 0 Å². The molecular formula is C20H18F2N4O3S. The molecule has 0 radical (unpaired) electrons. The number of benzene rings is 2. The van der Waals surface area contributed by atoms with Gasteiger partial charge in [0.25, 0.3) is 5.91 Å². The van der Waals surface area contributed by atoms with E-state index >= 15 is 0 Å². The number of aromatic nitrogens is 3. The van der Waals surface area contributed by atoms with E-state index in [2.05, 4.69) is 15.5 Å². The molecule has 0 bridgehead atoms. The van der Waals surface area contributed by atoms with E-state index in [9.17, 15) is 18.4 Å². The van der Waals surface area contributed by atoms with E-state index in [1.54, 1.807) is 17.6 Å². The van der Waals surface area contributed by atoms with Crippen molar-refractivity contribution in [1.29, 1.82) is 0 Å². The highest BCUT2D eigenvalue weighted by atomic mass is 32.2. The van der Waals surface area contributed by atoms with Gasteiger partial charge < -0.3 is 10.1 Å². The Balaban J connectivity index is 1.82. The first-order valence-corrected chi connectivity index (χ1v) is 9.99. The molecule has 30 heavy (non-hydrogen) atoms. The molecule has 0 spiro atoms. The van der Waals surface area contributed by atoms with Gasteiger partial charge in [-0.1, -0.05) is 23.9 Å². The number of carbonyl (C=O) groups is 2. The zero-order chi connectivity index (χ0) is 21.5. The number of hydrogen-bond acceptors (Lipinski definition) is 6. The van der Waals surface area contributed by atoms with Crippen molar-refractivity contribution in [2.75, 3.05) is 12.4 Å². The minimum absolute atomic E-state index is 0.00868. The molecule has 156 valence electrons. The molecular weight excluding hydrogens is 414 g/mol. The minimum atomic E-state index is -0.638. The SMILES string of the molecule is CCOC(=O)CSc1nnc(CNC(=O)c2ccccc2F)n1-c1ccc(F)cc1. The fraction of sp³-hybridized carbons (Fsp3) is 0.200. The molecule has 0 unspecified atom stereocenters. The van der Waals surface area contributed by atoms with Gasteiger partial charge in [-0.25, -0.2) is 8.78 Å². The van der Waals surface area contributed by atoms with E-state index in [1.807, 2.05) is 0 Å². The van der Waals surface area contributed by atoms with Crippen molar-refractivity contribution in [1.82, 2.24) is 20.1 Å². The van der Waals surface area contributed by atoms with Crippen LogP contribution in [0.15, 0.2) is 53.7 Å². The first-order valence-electron chi connectivity index (χ1n) is 9.01. The zero-order valence-corrected chi connectivity index (χ0v) is 16.8. The van der Waals surface area contributed by atoms with Gasteiger partial charge in [0.05, 0.1) is 24.5 Å². The Morgan fingerprint density at radius 3 is 2.53 bits per heavy atom. The van der Waals surface area contributed by atoms with Crippen LogP contribution in [0.4, 0.5) is 8.78 Å². The molecule has 0 atom stereocenters. The molecule has 10 heteroatoms. The van der Waals surface area contributed by atoms with Crippen LogP contribution in [0, 0.1) is 11.6 Å². The maximum absolute atomic E-state index is 13.8. The van der Waals surface area contributed by atoms with Crippen molar-refractivity contribution in [2.24, 2.45) is 0 Å². The number of nitrogens with zero attached hydrogens (tertiary/aromatic N) is 3. The fourth-order valence-corrected chi connectivity index (χ4v) is 3.35. The summed E-state index contributed by atoms with van der Waals surface area (Å²) in [6.45, 7) is 1.91. The summed E-state index contributed by atoms with van der Waals surface area (Å²) >= 11 is 1.10. The van der Waals surface area contributed by atoms with E-state index < -0.39 is 23.5 Å². The molecule has 0 aliphatic carbocycles. The average molecular weight is 432 g/mol. The Morgan fingerprint density at radius 1 is 1.10 bits per heavy atom. The largest absolute Gasteiger partial charge is 0.465 e. The number of thioether (sulfide) groups is 1. The molecule has 7 nitrogen and oxygen atoms in total. The normalized spacial score (nSPS) is 10.6. The van der Waals surface area contributed by atoms with E-state index in [0.29, 0.717) is 16.7 Å². The maximum Gasteiger partial charge on any atom is 0.316 e. The summed E-state index contributed by atoms with van der Waals surface area (Å²) in [6.07, 6.45) is 0. The lowest BCUT2D eigenvalue weighted by molar-refractivity contribution is -0.139. The van der Waals surface area contributed by atoms with Crippen LogP contribution in [0.2, 0.25) is 0 Å². The topological polar surface area (TPSA) is 86.1 Å². The standard InChI is InChI=1S/C20H18F2N4O3S/c1-2-29-18(27)12-30-20-25-24-17(26(20)14-9-7-13(21)8-10-14)11-23-19(28)15-5-3-4-6-16(15)22/h3-10H,2,11-12H2,1H3,(H,23,28). The predicted octanol–water partition coefficient (Wildman–Crippen LogP) is 3.13. The smallest absolute Gasteiger partial charge is 0.316 e. The van der Waals surface area contributed by atoms with Gasteiger partial charge in [0, 0.05) is 5.69 Å². The second kappa shape index (κ2) is 9.97. The van der Waals surface area contributed by atoms with E-state index in [1.165, 1.54) is 42.5 Å². The van der Waals surface area contributed by atoms with E-state index in [4.69, 9.17) is 4.74 Å². The lowest BCUT2D eigenvalue weighted by atomic mass is 10.2. The highest BCUT2D eigenvalue weighted by Gasteiger charge is 2.18. The lowest BCUT2D eigenvalue weighted by Gasteiger charge is -2.11. The molecule has 0 aliphatic heterocycles. The third kappa shape index (κ3) is 5.20. The Morgan fingerprint density at radius 2 is 1.83 bits per heavy atom. The molecule has 0 aliphatic rings. The summed E-state index contributed by atoms with van der Waals surface area (Å²) < 4.78 is 33.7. The van der Waals surface area contributed by atoms with Crippen LogP contribution in [0.3, 0.4) is 0 Å². The van der Waals surface area contributed by atoms with Gasteiger partial charge in [0.15, 0.2) is 11.0 Å². The van der Waals surface area contributed by atoms with E-state index in [-0.39, 0.29) is 24.5 Å². The minimum Gasteiger partial charge on any atom is -0.465 e. The summed E-state index contributed by atoms with van der Waals surface area (Å²) in [7, 11) is 0. The summed E-state index contributed by atoms with van der Waals surface area (Å²) in [5, 5.41) is 11.1. The van der Waals surface area contributed by atoms with Gasteiger partial charge in [-0.3, -0.25) is 14.2 Å². The van der Waals surface area contributed by atoms with Crippen LogP contribution < -0.4 is 5.32 Å². The highest BCUT2D eigenvalue weighted by molar-refractivity contribution is 7.99. The van der Waals surface area contributed by atoms with Crippen molar-refractivity contribution >= 4 is 23.6 Å². The highest BCUT2D eigenvalue weighted by Crippen LogP contribution is 2.22. The average Bonchev–Trinajstić information content (AvgIpc) is 3.14. The van der Waals surface area contributed by atoms with Gasteiger partial charge in [-0.15, -0.1) is 10.2 Å². The number of hydrogen-bond donors (Lipinski definition) is 1. The first kappa shape index (κ1) is 21.4. The fourth-order valence-electron chi connectivity index (χ4n) is 2.58. The Bertz CT molecular complexity index is 1040. The van der Waals surface area contributed by atoms with Crippen molar-refractivity contribution in [3.05, 3.63) is 71.6 Å². The van der Waals surface area contributed by atoms with Gasteiger partial charge >= 0.3 is 5.97 Å². The van der Waals surface area contributed by atoms with Crippen molar-refractivity contribution < 1.29 is 23.1 Å². The van der Waals surface area contributed by atoms with Crippen molar-refractivity contribution in [2.45, 2.75) is 18.6 Å². The quantitative estimate of drug-likeness (QED) is 0.435. The van der Waals surface area contributed by atoms with Crippen LogP contribution >= 0.6 is 11.8 Å². The van der Waals surface area contributed by atoms with Crippen LogP contribution in [0.25, 0.3) is 5.69 Å². The summed E-state index contributed by atoms with van der Waals surface area (Å²) in [5.74, 6) is -1.73. The van der Waals surface area contributed by atoms with Gasteiger partial charge in [-0.2, -0.15) is 0 Å². The molecule has 2 aromatic carbocycles. The summed E-state index contributed by atoms with van der Waals surface area (Å²) in [6, 6.07) is 11.2. The Kier molecular flexibility index (Phi) is 7.12. The number of rotatable bonds is 8. The summed E-state index contributed by atoms with van der Waals surface area (Å²) in [5.41, 5.74) is 0.449. The Labute approximate surface area is 175 Å². The summed E-state index contributed by atoms with van der Waals surface area (Å²) in [4.78, 5) is 24.0. The maximum atomic E-state index is 13.8. The second-order valence-corrected chi connectivity index (χ2v) is 6.91. The zero-order valence-electron chi connectivity index (χ0n) is 16.0. The number of nitrogens with one attached hydrogen (secondary N) is 1. The number of esters is 1. The molecule has 0 saturated heterocycles. The second-order valence-electron chi connectivity index (χ2n) is 5.97. The van der Waals surface area contributed by atoms with Gasteiger partial charge in [-0.05, 0) is 43.3 Å². The van der Waals surface area contributed by atoms with Crippen LogP contribution in [-0.2, 0) is 16.1 Å². The molecule has 3 rings (SSSR count). The predicted molar refractivity (Wildman–Crippen MR) is 106 cm³/mol. The molecule has 1 aromatic heterocycles. The third-order valence-corrected chi connectivity index (χ3v) is 4.84. The number of carbonyl (C=O) groups excluding carboxylic acids is 2. The van der Waals surface area contributed by atoms with Crippen LogP contribution in [-0.4, -0.2) is 39.0 Å². The van der Waals surface area contributed by atoms with Gasteiger partial charge in [0.1, 0.15) is 11.6 Å². The van der Waals surface area contributed by atoms with Crippen LogP contribution in [0.5, 0.6) is 0 Å². The molecule has 1 amide bonds. The third-order valence-electron chi connectivity index (χ3n) is 3.94. The number of halogens is 2. The molecule has 0 saturated carbocycles. The molecule has 0 fully saturated rings. The Hall–Kier alpha value is -3.27. The number of ether oxygens (including phenoxy) is 1.